The molecule has 0 fully saturated rings. The molecule has 0 heterocycles. The van der Waals surface area contributed by atoms with E-state index in [1.807, 2.05) is 0 Å². The molecule has 9 nitrogen and oxygen atoms in total. The maximum atomic E-state index is 11.5. The molecule has 22 heavy (non-hydrogen) atoms. The molecule has 0 rings (SSSR count). The van der Waals surface area contributed by atoms with Gasteiger partial charge in [0.25, 0.3) is 0 Å². The molecule has 0 spiro atoms. The molecule has 0 aromatic heterocycles. The minimum Gasteiger partial charge on any atom is -0.374 e. The highest BCUT2D eigenvalue weighted by molar-refractivity contribution is 7.47. The minimum atomic E-state index is -4.17. The molecule has 0 aromatic rings. The van der Waals surface area contributed by atoms with Crippen LogP contribution in [0.2, 0.25) is 0 Å². The van der Waals surface area contributed by atoms with Crippen LogP contribution in [-0.2, 0) is 32.0 Å². The molecule has 134 valence electrons. The largest absolute Gasteiger partial charge is 0.472 e. The number of rotatable bonds is 14. The maximum Gasteiger partial charge on any atom is 0.472 e. The first-order valence-corrected chi connectivity index (χ1v) is 10.1. The number of phosphoric acid groups is 2. The van der Waals surface area contributed by atoms with Gasteiger partial charge in [-0.1, -0.05) is 13.8 Å². The monoisotopic (exact) mass is 364 g/mol. The summed E-state index contributed by atoms with van der Waals surface area (Å²) in [5.41, 5.74) is 0. The molecule has 0 radical (unpaired) electrons. The van der Waals surface area contributed by atoms with Crippen LogP contribution in [0.4, 0.5) is 0 Å². The number of phosphoric ester groups is 2. The predicted molar refractivity (Wildman–Crippen MR) is 79.5 cm³/mol. The van der Waals surface area contributed by atoms with Crippen molar-refractivity contribution < 1.29 is 41.7 Å². The van der Waals surface area contributed by atoms with Crippen molar-refractivity contribution in [3.05, 3.63) is 0 Å². The van der Waals surface area contributed by atoms with Crippen molar-refractivity contribution in [1.29, 1.82) is 0 Å². The lowest BCUT2D eigenvalue weighted by molar-refractivity contribution is -0.0179. The van der Waals surface area contributed by atoms with E-state index < -0.39 is 21.7 Å². The summed E-state index contributed by atoms with van der Waals surface area (Å²) in [6.45, 7) is 5.07. The third-order valence-electron chi connectivity index (χ3n) is 2.17. The summed E-state index contributed by atoms with van der Waals surface area (Å²) >= 11 is 0. The highest BCUT2D eigenvalue weighted by atomic mass is 31.2. The van der Waals surface area contributed by atoms with Gasteiger partial charge in [0.1, 0.15) is 6.10 Å². The zero-order valence-corrected chi connectivity index (χ0v) is 15.0. The zero-order valence-electron chi connectivity index (χ0n) is 13.2. The van der Waals surface area contributed by atoms with E-state index in [2.05, 4.69) is 9.05 Å². The summed E-state index contributed by atoms with van der Waals surface area (Å²) in [5, 5.41) is 0. The molecule has 2 atom stereocenters. The quantitative estimate of drug-likeness (QED) is 0.448. The van der Waals surface area contributed by atoms with E-state index in [9.17, 15) is 18.9 Å². The van der Waals surface area contributed by atoms with Gasteiger partial charge >= 0.3 is 15.6 Å². The van der Waals surface area contributed by atoms with Crippen LogP contribution in [0.15, 0.2) is 0 Å². The van der Waals surface area contributed by atoms with Gasteiger partial charge in [-0.2, -0.15) is 0 Å². The lowest BCUT2D eigenvalue weighted by Crippen LogP contribution is -2.25. The van der Waals surface area contributed by atoms with Crippen molar-refractivity contribution in [2.75, 3.05) is 33.0 Å². The standard InChI is InChI=1S/C11H26O9P2/c1-4-7-17-21(12,13)19-9-11(16-6-3)10-20-22(14,15)18-8-5-2/h11H,4-10H2,1-3H3,(H,12,13)(H,14,15). The highest BCUT2D eigenvalue weighted by Gasteiger charge is 2.26. The van der Waals surface area contributed by atoms with Crippen molar-refractivity contribution in [1.82, 2.24) is 0 Å². The average molecular weight is 364 g/mol. The Morgan fingerprint density at radius 2 is 1.23 bits per heavy atom. The molecular weight excluding hydrogens is 338 g/mol. The third kappa shape index (κ3) is 11.7. The summed E-state index contributed by atoms with van der Waals surface area (Å²) in [5.74, 6) is 0. The molecule has 0 saturated carbocycles. The van der Waals surface area contributed by atoms with Gasteiger partial charge in [-0.05, 0) is 19.8 Å². The van der Waals surface area contributed by atoms with Gasteiger partial charge < -0.3 is 14.5 Å². The van der Waals surface area contributed by atoms with Gasteiger partial charge in [0, 0.05) is 6.61 Å². The zero-order chi connectivity index (χ0) is 17.1. The Hall–Kier alpha value is 0.180. The SMILES string of the molecule is CCCOP(=O)(O)OCC(COP(=O)(O)OCCC)OCC. The molecule has 0 aromatic carbocycles. The normalized spacial score (nSPS) is 18.6. The molecule has 0 aliphatic rings. The first-order chi connectivity index (χ1) is 10.3. The second-order valence-corrected chi connectivity index (χ2v) is 7.18. The van der Waals surface area contributed by atoms with Crippen LogP contribution >= 0.6 is 15.6 Å². The fraction of sp³-hybridized carbons (Fsp3) is 1.00. The van der Waals surface area contributed by atoms with Crippen molar-refractivity contribution in [3.8, 4) is 0 Å². The molecule has 2 unspecified atom stereocenters. The van der Waals surface area contributed by atoms with E-state index in [1.165, 1.54) is 0 Å². The highest BCUT2D eigenvalue weighted by Crippen LogP contribution is 2.45. The Balaban J connectivity index is 4.31. The van der Waals surface area contributed by atoms with Crippen molar-refractivity contribution in [2.24, 2.45) is 0 Å². The Kier molecular flexibility index (Phi) is 11.8. The van der Waals surface area contributed by atoms with E-state index >= 15 is 0 Å². The molecule has 2 N–H and O–H groups in total. The lowest BCUT2D eigenvalue weighted by atomic mass is 10.4. The molecular formula is C11H26O9P2. The molecule has 0 aliphatic heterocycles. The molecule has 0 aliphatic carbocycles. The molecule has 0 bridgehead atoms. The smallest absolute Gasteiger partial charge is 0.374 e. The van der Waals surface area contributed by atoms with Gasteiger partial charge in [0.2, 0.25) is 0 Å². The van der Waals surface area contributed by atoms with Crippen LogP contribution in [0.3, 0.4) is 0 Å². The van der Waals surface area contributed by atoms with E-state index in [0.29, 0.717) is 12.8 Å². The van der Waals surface area contributed by atoms with Crippen LogP contribution in [0, 0.1) is 0 Å². The summed E-state index contributed by atoms with van der Waals surface area (Å²) in [4.78, 5) is 18.8. The van der Waals surface area contributed by atoms with Gasteiger partial charge in [0.15, 0.2) is 0 Å². The Morgan fingerprint density at radius 3 is 1.55 bits per heavy atom. The summed E-state index contributed by atoms with van der Waals surface area (Å²) in [6.07, 6.45) is 0.323. The number of ether oxygens (including phenoxy) is 1. The first kappa shape index (κ1) is 22.2. The summed E-state index contributed by atoms with van der Waals surface area (Å²) < 4.78 is 47.1. The topological polar surface area (TPSA) is 121 Å². The average Bonchev–Trinajstić information content (AvgIpc) is 2.46. The fourth-order valence-electron chi connectivity index (χ4n) is 1.22. The van der Waals surface area contributed by atoms with Crippen molar-refractivity contribution in [2.45, 2.75) is 39.7 Å². The van der Waals surface area contributed by atoms with Crippen LogP contribution in [0.25, 0.3) is 0 Å². The van der Waals surface area contributed by atoms with Crippen molar-refractivity contribution >= 4 is 15.6 Å². The minimum absolute atomic E-state index is 0.0836. The van der Waals surface area contributed by atoms with Gasteiger partial charge in [-0.25, -0.2) is 9.13 Å². The Morgan fingerprint density at radius 1 is 0.818 bits per heavy atom. The first-order valence-electron chi connectivity index (χ1n) is 7.11. The summed E-state index contributed by atoms with van der Waals surface area (Å²) in [6, 6.07) is 0. The summed E-state index contributed by atoms with van der Waals surface area (Å²) in [7, 11) is -8.33. The van der Waals surface area contributed by atoms with Crippen LogP contribution < -0.4 is 0 Å². The fourth-order valence-corrected chi connectivity index (χ4v) is 2.91. The van der Waals surface area contributed by atoms with E-state index in [4.69, 9.17) is 13.8 Å². The Labute approximate surface area is 131 Å². The van der Waals surface area contributed by atoms with Gasteiger partial charge in [-0.3, -0.25) is 18.1 Å². The van der Waals surface area contributed by atoms with E-state index in [0.717, 1.165) is 0 Å². The van der Waals surface area contributed by atoms with E-state index in [-0.39, 0.29) is 33.0 Å². The van der Waals surface area contributed by atoms with Gasteiger partial charge in [-0.15, -0.1) is 0 Å². The van der Waals surface area contributed by atoms with Crippen LogP contribution in [0.5, 0.6) is 0 Å². The van der Waals surface area contributed by atoms with Crippen LogP contribution in [0.1, 0.15) is 33.6 Å². The predicted octanol–water partition coefficient (Wildman–Crippen LogP) is 2.48. The van der Waals surface area contributed by atoms with Gasteiger partial charge in [0.05, 0.1) is 26.4 Å². The Bertz CT molecular complexity index is 345. The lowest BCUT2D eigenvalue weighted by Gasteiger charge is -2.20. The molecule has 0 amide bonds. The van der Waals surface area contributed by atoms with Crippen molar-refractivity contribution in [3.63, 3.8) is 0 Å². The third-order valence-corrected chi connectivity index (χ3v) is 4.14. The number of hydrogen-bond donors (Lipinski definition) is 2. The molecule has 0 saturated heterocycles. The molecule has 11 heteroatoms. The maximum absolute atomic E-state index is 11.5. The number of hydrogen-bond acceptors (Lipinski definition) is 7. The van der Waals surface area contributed by atoms with E-state index in [1.54, 1.807) is 20.8 Å². The second-order valence-electron chi connectivity index (χ2n) is 4.27. The van der Waals surface area contributed by atoms with Crippen LogP contribution in [-0.4, -0.2) is 48.9 Å². The second kappa shape index (κ2) is 11.7.